The normalized spacial score (nSPS) is 21.2. The van der Waals surface area contributed by atoms with Gasteiger partial charge in [0.15, 0.2) is 0 Å². The highest BCUT2D eigenvalue weighted by atomic mass is 16.5. The molecule has 0 bridgehead atoms. The van der Waals surface area contributed by atoms with Gasteiger partial charge in [-0.15, -0.1) is 0 Å². The molecule has 1 aromatic rings. The minimum Gasteiger partial charge on any atom is -0.469 e. The number of anilines is 1. The van der Waals surface area contributed by atoms with Gasteiger partial charge in [-0.1, -0.05) is 6.07 Å². The standard InChI is InChI=1S/C16H22N2O3/c1-16(15(20)21-4)8-9-18(11-16)14(19)12-6-5-7-13(10-12)17(2)3/h5-7,10H,8-9,11H2,1-4H3/t16-/m0/s1. The number of likely N-dealkylation sites (tertiary alicyclic amines) is 1. The lowest BCUT2D eigenvalue weighted by Gasteiger charge is -2.22. The number of benzene rings is 1. The fourth-order valence-electron chi connectivity index (χ4n) is 2.65. The first-order chi connectivity index (χ1) is 9.87. The summed E-state index contributed by atoms with van der Waals surface area (Å²) in [4.78, 5) is 28.1. The van der Waals surface area contributed by atoms with E-state index in [1.807, 2.05) is 50.2 Å². The predicted octanol–water partition coefficient (Wildman–Crippen LogP) is 1.78. The summed E-state index contributed by atoms with van der Waals surface area (Å²) in [7, 11) is 5.26. The van der Waals surface area contributed by atoms with Crippen LogP contribution in [0.3, 0.4) is 0 Å². The summed E-state index contributed by atoms with van der Waals surface area (Å²) in [6, 6.07) is 7.51. The van der Waals surface area contributed by atoms with E-state index in [0.29, 0.717) is 25.1 Å². The monoisotopic (exact) mass is 290 g/mol. The summed E-state index contributed by atoms with van der Waals surface area (Å²) in [5, 5.41) is 0. The Bertz CT molecular complexity index is 556. The minimum absolute atomic E-state index is 0.0358. The molecule has 1 heterocycles. The van der Waals surface area contributed by atoms with Gasteiger partial charge in [-0.2, -0.15) is 0 Å². The highest BCUT2D eigenvalue weighted by Gasteiger charge is 2.43. The van der Waals surface area contributed by atoms with Crippen LogP contribution in [0.2, 0.25) is 0 Å². The molecule has 1 aliphatic heterocycles. The van der Waals surface area contributed by atoms with Crippen molar-refractivity contribution >= 4 is 17.6 Å². The number of hydrogen-bond donors (Lipinski definition) is 0. The molecule has 1 saturated heterocycles. The van der Waals surface area contributed by atoms with Crippen LogP contribution in [0.4, 0.5) is 5.69 Å². The van der Waals surface area contributed by atoms with Gasteiger partial charge < -0.3 is 14.5 Å². The lowest BCUT2D eigenvalue weighted by molar-refractivity contribution is -0.150. The smallest absolute Gasteiger partial charge is 0.313 e. The SMILES string of the molecule is COC(=O)[C@@]1(C)CCN(C(=O)c2cccc(N(C)C)c2)C1. The number of carbonyl (C=O) groups is 2. The molecule has 1 aromatic carbocycles. The summed E-state index contributed by atoms with van der Waals surface area (Å²) < 4.78 is 4.84. The van der Waals surface area contributed by atoms with Crippen LogP contribution in [0.1, 0.15) is 23.7 Å². The fourth-order valence-corrected chi connectivity index (χ4v) is 2.65. The third kappa shape index (κ3) is 3.01. The van der Waals surface area contributed by atoms with Crippen molar-refractivity contribution in [1.29, 1.82) is 0 Å². The Kier molecular flexibility index (Phi) is 4.21. The van der Waals surface area contributed by atoms with Crippen LogP contribution in [0.15, 0.2) is 24.3 Å². The maximum absolute atomic E-state index is 12.6. The van der Waals surface area contributed by atoms with E-state index < -0.39 is 5.41 Å². The Labute approximate surface area is 125 Å². The van der Waals surface area contributed by atoms with Crippen LogP contribution in [-0.2, 0) is 9.53 Å². The van der Waals surface area contributed by atoms with Gasteiger partial charge in [0.2, 0.25) is 0 Å². The summed E-state index contributed by atoms with van der Waals surface area (Å²) in [5.41, 5.74) is 1.04. The lowest BCUT2D eigenvalue weighted by atomic mass is 9.90. The molecule has 0 unspecified atom stereocenters. The lowest BCUT2D eigenvalue weighted by Crippen LogP contribution is -2.35. The van der Waals surface area contributed by atoms with Crippen LogP contribution in [0, 0.1) is 5.41 Å². The van der Waals surface area contributed by atoms with Gasteiger partial charge in [0.25, 0.3) is 5.91 Å². The molecule has 1 fully saturated rings. The van der Waals surface area contributed by atoms with Gasteiger partial charge in [-0.05, 0) is 31.5 Å². The second-order valence-corrected chi connectivity index (χ2v) is 5.97. The van der Waals surface area contributed by atoms with Crippen molar-refractivity contribution in [2.45, 2.75) is 13.3 Å². The number of hydrogen-bond acceptors (Lipinski definition) is 4. The van der Waals surface area contributed by atoms with Crippen LogP contribution in [0.25, 0.3) is 0 Å². The molecule has 5 heteroatoms. The van der Waals surface area contributed by atoms with E-state index in [9.17, 15) is 9.59 Å². The molecule has 0 N–H and O–H groups in total. The van der Waals surface area contributed by atoms with E-state index in [1.165, 1.54) is 7.11 Å². The zero-order chi connectivity index (χ0) is 15.6. The van der Waals surface area contributed by atoms with Crippen LogP contribution >= 0.6 is 0 Å². The molecule has 1 atom stereocenters. The summed E-state index contributed by atoms with van der Waals surface area (Å²) in [6.07, 6.45) is 0.638. The van der Waals surface area contributed by atoms with Crippen molar-refractivity contribution in [3.63, 3.8) is 0 Å². The number of nitrogens with zero attached hydrogens (tertiary/aromatic N) is 2. The van der Waals surface area contributed by atoms with Crippen LogP contribution in [-0.4, -0.2) is 51.1 Å². The summed E-state index contributed by atoms with van der Waals surface area (Å²) in [5.74, 6) is -0.286. The number of rotatable bonds is 3. The maximum Gasteiger partial charge on any atom is 0.313 e. The summed E-state index contributed by atoms with van der Waals surface area (Å²) >= 11 is 0. The molecule has 0 aromatic heterocycles. The maximum atomic E-state index is 12.6. The third-order valence-corrected chi connectivity index (χ3v) is 4.05. The highest BCUT2D eigenvalue weighted by Crippen LogP contribution is 2.32. The molecule has 0 spiro atoms. The first-order valence-corrected chi connectivity index (χ1v) is 7.02. The molecule has 0 radical (unpaired) electrons. The zero-order valence-corrected chi connectivity index (χ0v) is 13.0. The van der Waals surface area contributed by atoms with Gasteiger partial charge >= 0.3 is 5.97 Å². The van der Waals surface area contributed by atoms with Crippen molar-refractivity contribution in [3.8, 4) is 0 Å². The van der Waals surface area contributed by atoms with Crippen molar-refractivity contribution in [1.82, 2.24) is 4.90 Å². The Morgan fingerprint density at radius 2 is 2.05 bits per heavy atom. The molecule has 1 aliphatic rings. The van der Waals surface area contributed by atoms with Crippen molar-refractivity contribution < 1.29 is 14.3 Å². The average molecular weight is 290 g/mol. The minimum atomic E-state index is -0.594. The Morgan fingerprint density at radius 1 is 1.33 bits per heavy atom. The number of esters is 1. The molecule has 114 valence electrons. The molecule has 5 nitrogen and oxygen atoms in total. The quantitative estimate of drug-likeness (QED) is 0.796. The molecule has 0 saturated carbocycles. The van der Waals surface area contributed by atoms with Gasteiger partial charge in [0, 0.05) is 38.4 Å². The van der Waals surface area contributed by atoms with E-state index in [0.717, 1.165) is 5.69 Å². The zero-order valence-electron chi connectivity index (χ0n) is 13.0. The highest BCUT2D eigenvalue weighted by molar-refractivity contribution is 5.96. The summed E-state index contributed by atoms with van der Waals surface area (Å²) in [6.45, 7) is 2.84. The molecule has 0 aliphatic carbocycles. The van der Waals surface area contributed by atoms with E-state index in [2.05, 4.69) is 0 Å². The second kappa shape index (κ2) is 5.76. The molecule has 2 rings (SSSR count). The number of methoxy groups -OCH3 is 1. The van der Waals surface area contributed by atoms with Gasteiger partial charge in [-0.25, -0.2) is 0 Å². The molecular formula is C16H22N2O3. The van der Waals surface area contributed by atoms with Crippen LogP contribution < -0.4 is 4.90 Å². The Morgan fingerprint density at radius 3 is 2.67 bits per heavy atom. The van der Waals surface area contributed by atoms with Gasteiger partial charge in [-0.3, -0.25) is 9.59 Å². The second-order valence-electron chi connectivity index (χ2n) is 5.97. The van der Waals surface area contributed by atoms with Gasteiger partial charge in [0.1, 0.15) is 0 Å². The first kappa shape index (κ1) is 15.4. The number of ether oxygens (including phenoxy) is 1. The van der Waals surface area contributed by atoms with Crippen molar-refractivity contribution in [3.05, 3.63) is 29.8 Å². The number of amides is 1. The Hall–Kier alpha value is -2.04. The average Bonchev–Trinajstić information content (AvgIpc) is 2.89. The topological polar surface area (TPSA) is 49.9 Å². The first-order valence-electron chi connectivity index (χ1n) is 7.02. The van der Waals surface area contributed by atoms with Crippen molar-refractivity contribution in [2.24, 2.45) is 5.41 Å². The largest absolute Gasteiger partial charge is 0.469 e. The van der Waals surface area contributed by atoms with E-state index in [1.54, 1.807) is 4.90 Å². The van der Waals surface area contributed by atoms with Crippen LogP contribution in [0.5, 0.6) is 0 Å². The van der Waals surface area contributed by atoms with E-state index in [-0.39, 0.29) is 11.9 Å². The Balaban J connectivity index is 2.15. The predicted molar refractivity (Wildman–Crippen MR) is 81.4 cm³/mol. The molecule has 21 heavy (non-hydrogen) atoms. The number of carbonyl (C=O) groups excluding carboxylic acids is 2. The third-order valence-electron chi connectivity index (χ3n) is 4.05. The molecule has 1 amide bonds. The fraction of sp³-hybridized carbons (Fsp3) is 0.500. The molecular weight excluding hydrogens is 268 g/mol. The van der Waals surface area contributed by atoms with Gasteiger partial charge in [0.05, 0.1) is 12.5 Å². The van der Waals surface area contributed by atoms with Crippen molar-refractivity contribution in [2.75, 3.05) is 39.2 Å². The van der Waals surface area contributed by atoms with E-state index in [4.69, 9.17) is 4.74 Å². The van der Waals surface area contributed by atoms with E-state index >= 15 is 0 Å².